The summed E-state index contributed by atoms with van der Waals surface area (Å²) >= 11 is 0. The molecule has 0 N–H and O–H groups in total. The molecule has 0 heterocycles. The lowest BCUT2D eigenvalue weighted by Crippen LogP contribution is -2.33. The highest BCUT2D eigenvalue weighted by Gasteiger charge is 2.38. The average molecular weight is 196 g/mol. The quantitative estimate of drug-likeness (QED) is 0.602. The number of esters is 1. The molecule has 0 radical (unpaired) electrons. The predicted octanol–water partition coefficient (Wildman–Crippen LogP) is 3.05. The first-order chi connectivity index (χ1) is 6.70. The van der Waals surface area contributed by atoms with E-state index in [2.05, 4.69) is 0 Å². The van der Waals surface area contributed by atoms with E-state index in [0.717, 1.165) is 25.2 Å². The van der Waals surface area contributed by atoms with Crippen LogP contribution in [0.5, 0.6) is 0 Å². The summed E-state index contributed by atoms with van der Waals surface area (Å²) in [6.45, 7) is 1.54. The molecular formula is C12H20O2. The maximum Gasteiger partial charge on any atom is 0.303 e. The van der Waals surface area contributed by atoms with Gasteiger partial charge in [0.1, 0.15) is 5.60 Å². The van der Waals surface area contributed by atoms with Gasteiger partial charge in [0.15, 0.2) is 0 Å². The van der Waals surface area contributed by atoms with Crippen molar-refractivity contribution in [3.63, 3.8) is 0 Å². The Hall–Kier alpha value is -0.530. The van der Waals surface area contributed by atoms with Crippen LogP contribution in [-0.2, 0) is 9.53 Å². The molecule has 0 unspecified atom stereocenters. The van der Waals surface area contributed by atoms with E-state index >= 15 is 0 Å². The van der Waals surface area contributed by atoms with Crippen molar-refractivity contribution in [2.75, 3.05) is 0 Å². The SMILES string of the molecule is CC(=O)OC12CCCC(CCC1)CC2. The van der Waals surface area contributed by atoms with Crippen molar-refractivity contribution in [1.82, 2.24) is 0 Å². The summed E-state index contributed by atoms with van der Waals surface area (Å²) in [7, 11) is 0. The van der Waals surface area contributed by atoms with Crippen LogP contribution in [0.2, 0.25) is 0 Å². The van der Waals surface area contributed by atoms with Gasteiger partial charge in [-0.05, 0) is 44.4 Å². The smallest absolute Gasteiger partial charge is 0.303 e. The molecule has 80 valence electrons. The maximum absolute atomic E-state index is 11.1. The van der Waals surface area contributed by atoms with Crippen LogP contribution in [0.3, 0.4) is 0 Å². The van der Waals surface area contributed by atoms with Crippen molar-refractivity contribution in [1.29, 1.82) is 0 Å². The highest BCUT2D eigenvalue weighted by molar-refractivity contribution is 5.66. The Labute approximate surface area is 86.0 Å². The maximum atomic E-state index is 11.1. The van der Waals surface area contributed by atoms with Crippen LogP contribution >= 0.6 is 0 Å². The second-order valence-electron chi connectivity index (χ2n) is 4.97. The highest BCUT2D eigenvalue weighted by atomic mass is 16.6. The van der Waals surface area contributed by atoms with E-state index in [4.69, 9.17) is 4.74 Å². The molecular weight excluding hydrogens is 176 g/mol. The lowest BCUT2D eigenvalue weighted by Gasteiger charge is -2.31. The van der Waals surface area contributed by atoms with Crippen molar-refractivity contribution in [2.24, 2.45) is 5.92 Å². The van der Waals surface area contributed by atoms with Crippen LogP contribution in [0.4, 0.5) is 0 Å². The lowest BCUT2D eigenvalue weighted by atomic mass is 9.88. The number of carbonyl (C=O) groups is 1. The molecule has 0 aromatic carbocycles. The molecule has 0 saturated heterocycles. The fraction of sp³-hybridized carbons (Fsp3) is 0.917. The summed E-state index contributed by atoms with van der Waals surface area (Å²) in [6.07, 6.45) is 9.78. The van der Waals surface area contributed by atoms with Gasteiger partial charge in [-0.3, -0.25) is 4.79 Å². The predicted molar refractivity (Wildman–Crippen MR) is 54.9 cm³/mol. The van der Waals surface area contributed by atoms with Gasteiger partial charge >= 0.3 is 5.97 Å². The molecule has 0 spiro atoms. The van der Waals surface area contributed by atoms with E-state index in [1.165, 1.54) is 32.1 Å². The zero-order valence-electron chi connectivity index (χ0n) is 9.05. The van der Waals surface area contributed by atoms with Gasteiger partial charge in [-0.25, -0.2) is 0 Å². The van der Waals surface area contributed by atoms with Crippen LogP contribution in [-0.4, -0.2) is 11.6 Å². The first-order valence-corrected chi connectivity index (χ1v) is 5.90. The molecule has 2 aliphatic carbocycles. The Kier molecular flexibility index (Phi) is 2.80. The molecule has 0 atom stereocenters. The Morgan fingerprint density at radius 1 is 1.14 bits per heavy atom. The number of ether oxygens (including phenoxy) is 1. The number of hydrogen-bond donors (Lipinski definition) is 0. The molecule has 0 aromatic rings. The van der Waals surface area contributed by atoms with Crippen LogP contribution in [0.25, 0.3) is 0 Å². The molecule has 2 heteroatoms. The van der Waals surface area contributed by atoms with Crippen LogP contribution < -0.4 is 0 Å². The van der Waals surface area contributed by atoms with Crippen molar-refractivity contribution in [3.8, 4) is 0 Å². The number of carbonyl (C=O) groups excluding carboxylic acids is 1. The van der Waals surface area contributed by atoms with Crippen LogP contribution in [0, 0.1) is 5.92 Å². The zero-order valence-corrected chi connectivity index (χ0v) is 9.05. The largest absolute Gasteiger partial charge is 0.459 e. The van der Waals surface area contributed by atoms with Gasteiger partial charge in [-0.1, -0.05) is 12.8 Å². The van der Waals surface area contributed by atoms with Crippen molar-refractivity contribution in [2.45, 2.75) is 63.9 Å². The van der Waals surface area contributed by atoms with Crippen LogP contribution in [0.15, 0.2) is 0 Å². The Balaban J connectivity index is 2.10. The third kappa shape index (κ3) is 2.10. The minimum absolute atomic E-state index is 0.0723. The van der Waals surface area contributed by atoms with Gasteiger partial charge in [0.2, 0.25) is 0 Å². The van der Waals surface area contributed by atoms with Gasteiger partial charge in [0.25, 0.3) is 0 Å². The molecule has 0 aliphatic heterocycles. The second kappa shape index (κ2) is 3.92. The molecule has 0 aromatic heterocycles. The fourth-order valence-electron chi connectivity index (χ4n) is 3.16. The van der Waals surface area contributed by atoms with E-state index in [0.29, 0.717) is 0 Å². The minimum atomic E-state index is -0.0923. The summed E-state index contributed by atoms with van der Waals surface area (Å²) < 4.78 is 5.59. The Morgan fingerprint density at radius 2 is 1.79 bits per heavy atom. The zero-order chi connectivity index (χ0) is 10.0. The van der Waals surface area contributed by atoms with Crippen LogP contribution in [0.1, 0.15) is 58.3 Å². The van der Waals surface area contributed by atoms with Gasteiger partial charge in [0.05, 0.1) is 0 Å². The summed E-state index contributed by atoms with van der Waals surface area (Å²) in [5.74, 6) is 0.820. The van der Waals surface area contributed by atoms with E-state index in [9.17, 15) is 4.79 Å². The lowest BCUT2D eigenvalue weighted by molar-refractivity contribution is -0.159. The van der Waals surface area contributed by atoms with Gasteiger partial charge < -0.3 is 4.74 Å². The van der Waals surface area contributed by atoms with Crippen molar-refractivity contribution < 1.29 is 9.53 Å². The van der Waals surface area contributed by atoms with E-state index in [1.807, 2.05) is 0 Å². The summed E-state index contributed by atoms with van der Waals surface area (Å²) in [5, 5.41) is 0. The van der Waals surface area contributed by atoms with Gasteiger partial charge in [-0.2, -0.15) is 0 Å². The first-order valence-electron chi connectivity index (χ1n) is 5.90. The number of fused-ring (bicyclic) bond motifs is 3. The normalized spacial score (nSPS) is 37.4. The molecule has 14 heavy (non-hydrogen) atoms. The third-order valence-electron chi connectivity index (χ3n) is 3.86. The van der Waals surface area contributed by atoms with E-state index < -0.39 is 0 Å². The highest BCUT2D eigenvalue weighted by Crippen LogP contribution is 2.42. The standard InChI is InChI=1S/C12H20O2/c1-10(13)14-12-7-2-4-11(6-9-12)5-3-8-12/h11H,2-9H2,1H3. The number of rotatable bonds is 1. The molecule has 2 fully saturated rings. The molecule has 2 rings (SSSR count). The van der Waals surface area contributed by atoms with Crippen molar-refractivity contribution in [3.05, 3.63) is 0 Å². The summed E-state index contributed by atoms with van der Waals surface area (Å²) in [5.41, 5.74) is -0.0723. The second-order valence-corrected chi connectivity index (χ2v) is 4.97. The molecule has 2 bridgehead atoms. The molecule has 2 nitrogen and oxygen atoms in total. The Bertz CT molecular complexity index is 212. The average Bonchev–Trinajstić information content (AvgIpc) is 2.35. The van der Waals surface area contributed by atoms with E-state index in [1.54, 1.807) is 6.92 Å². The Morgan fingerprint density at radius 3 is 2.36 bits per heavy atom. The molecule has 2 aliphatic rings. The molecule has 2 saturated carbocycles. The van der Waals surface area contributed by atoms with Gasteiger partial charge in [0, 0.05) is 6.92 Å². The monoisotopic (exact) mass is 196 g/mol. The fourth-order valence-corrected chi connectivity index (χ4v) is 3.16. The van der Waals surface area contributed by atoms with Gasteiger partial charge in [-0.15, -0.1) is 0 Å². The topological polar surface area (TPSA) is 26.3 Å². The van der Waals surface area contributed by atoms with E-state index in [-0.39, 0.29) is 11.6 Å². The first kappa shape index (κ1) is 10.0. The third-order valence-corrected chi connectivity index (χ3v) is 3.86. The number of hydrogen-bond acceptors (Lipinski definition) is 2. The summed E-state index contributed by atoms with van der Waals surface area (Å²) in [6, 6.07) is 0. The minimum Gasteiger partial charge on any atom is -0.459 e. The summed E-state index contributed by atoms with van der Waals surface area (Å²) in [4.78, 5) is 11.1. The van der Waals surface area contributed by atoms with Crippen molar-refractivity contribution >= 4 is 5.97 Å². The molecule has 0 amide bonds.